The number of halogens is 1. The van der Waals surface area contributed by atoms with Gasteiger partial charge in [0.25, 0.3) is 5.91 Å². The van der Waals surface area contributed by atoms with Gasteiger partial charge in [-0.3, -0.25) is 9.59 Å². The molecule has 140 valence electrons. The molecule has 1 aromatic carbocycles. The van der Waals surface area contributed by atoms with Crippen LogP contribution in [0.25, 0.3) is 0 Å². The smallest absolute Gasteiger partial charge is 0.310 e. The first kappa shape index (κ1) is 17.5. The van der Waals surface area contributed by atoms with Gasteiger partial charge >= 0.3 is 5.97 Å². The lowest BCUT2D eigenvalue weighted by Gasteiger charge is -2.53. The van der Waals surface area contributed by atoms with Crippen molar-refractivity contribution in [3.63, 3.8) is 0 Å². The van der Waals surface area contributed by atoms with E-state index in [-0.39, 0.29) is 36.8 Å². The highest BCUT2D eigenvalue weighted by molar-refractivity contribution is 5.81. The summed E-state index contributed by atoms with van der Waals surface area (Å²) in [5.41, 5.74) is 0.454. The minimum Gasteiger partial charge on any atom is -0.455 e. The third-order valence-corrected chi connectivity index (χ3v) is 6.63. The van der Waals surface area contributed by atoms with Crippen molar-refractivity contribution in [3.05, 3.63) is 35.6 Å². The van der Waals surface area contributed by atoms with Gasteiger partial charge < -0.3 is 9.64 Å². The molecule has 0 spiro atoms. The number of carbonyl (C=O) groups excluding carboxylic acids is 2. The van der Waals surface area contributed by atoms with Crippen LogP contribution in [0.2, 0.25) is 0 Å². The third-order valence-electron chi connectivity index (χ3n) is 6.63. The van der Waals surface area contributed by atoms with Crippen LogP contribution in [0.4, 0.5) is 4.39 Å². The zero-order valence-corrected chi connectivity index (χ0v) is 15.2. The first-order valence-electron chi connectivity index (χ1n) is 9.65. The summed E-state index contributed by atoms with van der Waals surface area (Å²) in [7, 11) is 1.60. The molecule has 1 amide bonds. The van der Waals surface area contributed by atoms with Gasteiger partial charge in [-0.15, -0.1) is 0 Å². The Morgan fingerprint density at radius 2 is 1.69 bits per heavy atom. The van der Waals surface area contributed by atoms with Crippen LogP contribution in [0.3, 0.4) is 0 Å². The van der Waals surface area contributed by atoms with E-state index in [4.69, 9.17) is 4.74 Å². The second kappa shape index (κ2) is 7.01. The molecule has 4 saturated carbocycles. The lowest BCUT2D eigenvalue weighted by atomic mass is 9.52. The molecule has 0 aliphatic heterocycles. The average Bonchev–Trinajstić information content (AvgIpc) is 2.60. The molecule has 5 rings (SSSR count). The predicted molar refractivity (Wildman–Crippen MR) is 94.4 cm³/mol. The summed E-state index contributed by atoms with van der Waals surface area (Å²) in [6.07, 6.45) is 5.93. The minimum absolute atomic E-state index is 0.0209. The first-order chi connectivity index (χ1) is 12.5. The quantitative estimate of drug-likeness (QED) is 0.757. The molecule has 0 unspecified atom stereocenters. The van der Waals surface area contributed by atoms with E-state index in [1.54, 1.807) is 25.2 Å². The van der Waals surface area contributed by atoms with Crippen molar-refractivity contribution in [2.45, 2.75) is 38.6 Å². The molecule has 4 bridgehead atoms. The Hall–Kier alpha value is -1.91. The molecule has 0 saturated heterocycles. The van der Waals surface area contributed by atoms with Crippen LogP contribution in [0.5, 0.6) is 0 Å². The topological polar surface area (TPSA) is 46.6 Å². The molecule has 0 N–H and O–H groups in total. The molecular weight excluding hydrogens is 333 g/mol. The monoisotopic (exact) mass is 359 g/mol. The van der Waals surface area contributed by atoms with Crippen LogP contribution in [0, 0.1) is 35.4 Å². The van der Waals surface area contributed by atoms with Gasteiger partial charge in [-0.1, -0.05) is 18.2 Å². The Bertz CT molecular complexity index is 676. The summed E-state index contributed by atoms with van der Waals surface area (Å²) in [5, 5.41) is 0. The number of esters is 1. The van der Waals surface area contributed by atoms with Crippen molar-refractivity contribution in [2.24, 2.45) is 29.6 Å². The molecule has 5 heteroatoms. The standard InChI is InChI=1S/C21H26FNO3/c1-23(11-15-4-2-3-5-18(15)22)19(24)12-26-21(25)20-16-7-13-6-14(9-16)10-17(20)8-13/h2-5,13-14,16-17,20H,6-12H2,1H3. The van der Waals surface area contributed by atoms with Crippen LogP contribution in [-0.2, 0) is 20.9 Å². The third kappa shape index (κ3) is 3.36. The lowest BCUT2D eigenvalue weighted by Crippen LogP contribution is -2.48. The Kier molecular flexibility index (Phi) is 4.72. The molecule has 4 fully saturated rings. The number of nitrogens with zero attached hydrogens (tertiary/aromatic N) is 1. The first-order valence-corrected chi connectivity index (χ1v) is 9.65. The van der Waals surface area contributed by atoms with Crippen LogP contribution in [-0.4, -0.2) is 30.4 Å². The number of hydrogen-bond acceptors (Lipinski definition) is 3. The Morgan fingerprint density at radius 3 is 2.31 bits per heavy atom. The number of carbonyl (C=O) groups is 2. The van der Waals surface area contributed by atoms with E-state index in [9.17, 15) is 14.0 Å². The maximum Gasteiger partial charge on any atom is 0.310 e. The van der Waals surface area contributed by atoms with Gasteiger partial charge in [0.05, 0.1) is 5.92 Å². The Balaban J connectivity index is 1.30. The van der Waals surface area contributed by atoms with Crippen molar-refractivity contribution in [1.29, 1.82) is 0 Å². The summed E-state index contributed by atoms with van der Waals surface area (Å²) < 4.78 is 19.1. The van der Waals surface area contributed by atoms with E-state index in [1.807, 2.05) is 0 Å². The number of hydrogen-bond donors (Lipinski definition) is 0. The summed E-state index contributed by atoms with van der Waals surface area (Å²) in [6, 6.07) is 6.39. The van der Waals surface area contributed by atoms with Crippen LogP contribution in [0.15, 0.2) is 24.3 Å². The van der Waals surface area contributed by atoms with Crippen LogP contribution in [0.1, 0.15) is 37.7 Å². The molecule has 0 atom stereocenters. The van der Waals surface area contributed by atoms with Gasteiger partial charge in [0, 0.05) is 19.2 Å². The fourth-order valence-electron chi connectivity index (χ4n) is 5.62. The number of amides is 1. The van der Waals surface area contributed by atoms with Gasteiger partial charge in [0.15, 0.2) is 6.61 Å². The van der Waals surface area contributed by atoms with E-state index in [2.05, 4.69) is 0 Å². The predicted octanol–water partition coefficient (Wildman–Crippen LogP) is 3.40. The van der Waals surface area contributed by atoms with Crippen molar-refractivity contribution in [3.8, 4) is 0 Å². The zero-order chi connectivity index (χ0) is 18.3. The van der Waals surface area contributed by atoms with Crippen LogP contribution < -0.4 is 0 Å². The van der Waals surface area contributed by atoms with Gasteiger partial charge in [0.2, 0.25) is 0 Å². The summed E-state index contributed by atoms with van der Waals surface area (Å²) in [5.74, 6) is 1.64. The molecule has 0 radical (unpaired) electrons. The number of rotatable bonds is 5. The van der Waals surface area contributed by atoms with Gasteiger partial charge in [-0.05, 0) is 61.8 Å². The molecule has 0 heterocycles. The fraction of sp³-hybridized carbons (Fsp3) is 0.619. The molecule has 26 heavy (non-hydrogen) atoms. The van der Waals surface area contributed by atoms with Crippen molar-refractivity contribution >= 4 is 11.9 Å². The maximum atomic E-state index is 13.7. The van der Waals surface area contributed by atoms with Crippen molar-refractivity contribution in [1.82, 2.24) is 4.90 Å². The average molecular weight is 359 g/mol. The molecule has 1 aromatic rings. The second-order valence-electron chi connectivity index (χ2n) is 8.41. The van der Waals surface area contributed by atoms with Crippen molar-refractivity contribution in [2.75, 3.05) is 13.7 Å². The zero-order valence-electron chi connectivity index (χ0n) is 15.2. The van der Waals surface area contributed by atoms with E-state index in [1.165, 1.54) is 17.4 Å². The van der Waals surface area contributed by atoms with Crippen LogP contribution >= 0.6 is 0 Å². The fourth-order valence-corrected chi connectivity index (χ4v) is 5.62. The SMILES string of the molecule is CN(Cc1ccccc1F)C(=O)COC(=O)C1C2CC3CC(C2)CC1C3. The van der Waals surface area contributed by atoms with Gasteiger partial charge in [-0.2, -0.15) is 0 Å². The van der Waals surface area contributed by atoms with Gasteiger partial charge in [0.1, 0.15) is 5.82 Å². The highest BCUT2D eigenvalue weighted by Crippen LogP contribution is 2.56. The molecule has 4 aliphatic rings. The minimum atomic E-state index is -0.335. The van der Waals surface area contributed by atoms with E-state index >= 15 is 0 Å². The summed E-state index contributed by atoms with van der Waals surface area (Å²) in [6.45, 7) is -0.0896. The van der Waals surface area contributed by atoms with E-state index < -0.39 is 0 Å². The number of ether oxygens (including phenoxy) is 1. The molecule has 4 nitrogen and oxygen atoms in total. The maximum absolute atomic E-state index is 13.7. The molecule has 4 aliphatic carbocycles. The summed E-state index contributed by atoms with van der Waals surface area (Å²) >= 11 is 0. The number of benzene rings is 1. The summed E-state index contributed by atoms with van der Waals surface area (Å²) in [4.78, 5) is 26.3. The molecular formula is C21H26FNO3. The van der Waals surface area contributed by atoms with Crippen molar-refractivity contribution < 1.29 is 18.7 Å². The highest BCUT2D eigenvalue weighted by atomic mass is 19.1. The second-order valence-corrected chi connectivity index (χ2v) is 8.41. The van der Waals surface area contributed by atoms with Gasteiger partial charge in [-0.25, -0.2) is 4.39 Å². The largest absolute Gasteiger partial charge is 0.455 e. The Morgan fingerprint density at radius 1 is 1.08 bits per heavy atom. The number of likely N-dealkylation sites (N-methyl/N-ethyl adjacent to an activating group) is 1. The normalized spacial score (nSPS) is 31.7. The van der Waals surface area contributed by atoms with E-state index in [0.29, 0.717) is 17.4 Å². The molecule has 0 aromatic heterocycles. The highest BCUT2D eigenvalue weighted by Gasteiger charge is 2.51. The Labute approximate surface area is 153 Å². The van der Waals surface area contributed by atoms with E-state index in [0.717, 1.165) is 37.5 Å². The lowest BCUT2D eigenvalue weighted by molar-refractivity contribution is -0.166.